The third-order valence-corrected chi connectivity index (χ3v) is 6.72. The molecule has 19 heavy (non-hydrogen) atoms. The van der Waals surface area contributed by atoms with E-state index in [1.54, 1.807) is 6.92 Å². The molecule has 0 radical (unpaired) electrons. The van der Waals surface area contributed by atoms with Crippen LogP contribution in [0.15, 0.2) is 11.4 Å². The number of hydrogen-bond donors (Lipinski definition) is 2. The van der Waals surface area contributed by atoms with Crippen molar-refractivity contribution in [3.63, 3.8) is 0 Å². The Morgan fingerprint density at radius 2 is 2.16 bits per heavy atom. The van der Waals surface area contributed by atoms with Crippen molar-refractivity contribution in [2.75, 3.05) is 17.2 Å². The first kappa shape index (κ1) is 14.3. The lowest BCUT2D eigenvalue weighted by Crippen LogP contribution is -2.47. The highest BCUT2D eigenvalue weighted by Gasteiger charge is 2.42. The molecule has 1 aromatic rings. The molecule has 1 aromatic heterocycles. The first-order chi connectivity index (χ1) is 8.55. The summed E-state index contributed by atoms with van der Waals surface area (Å²) in [6.45, 7) is 1.57. The standard InChI is InChI=1S/C9H16N4O4S2/c1-9(3-4-18(14,15)5-9)12-19(16,17)8-7(10)11-6-13(8)2/h6,12H,3-5,10H2,1-2H3. The largest absolute Gasteiger partial charge is 0.381 e. The quantitative estimate of drug-likeness (QED) is 0.727. The molecule has 1 aliphatic heterocycles. The molecule has 2 heterocycles. The number of aryl methyl sites for hydroxylation is 1. The maximum Gasteiger partial charge on any atom is 0.260 e. The summed E-state index contributed by atoms with van der Waals surface area (Å²) in [7, 11) is -5.60. The molecule has 1 unspecified atom stereocenters. The van der Waals surface area contributed by atoms with Crippen LogP contribution in [0.4, 0.5) is 5.82 Å². The predicted molar refractivity (Wildman–Crippen MR) is 69.6 cm³/mol. The van der Waals surface area contributed by atoms with Gasteiger partial charge in [0.05, 0.1) is 17.8 Å². The molecule has 0 amide bonds. The highest BCUT2D eigenvalue weighted by molar-refractivity contribution is 7.92. The molecule has 10 heteroatoms. The minimum Gasteiger partial charge on any atom is -0.381 e. The average Bonchev–Trinajstić information content (AvgIpc) is 2.66. The number of aromatic nitrogens is 2. The van der Waals surface area contributed by atoms with Crippen LogP contribution < -0.4 is 10.5 Å². The number of nitrogens with two attached hydrogens (primary N) is 1. The Labute approximate surface area is 112 Å². The summed E-state index contributed by atoms with van der Waals surface area (Å²) in [5.41, 5.74) is 4.52. The van der Waals surface area contributed by atoms with Crippen molar-refractivity contribution in [1.82, 2.24) is 14.3 Å². The molecule has 1 atom stereocenters. The Hall–Kier alpha value is -1.13. The molecule has 1 fully saturated rings. The molecular formula is C9H16N4O4S2. The number of nitrogens with zero attached hydrogens (tertiary/aromatic N) is 2. The monoisotopic (exact) mass is 308 g/mol. The minimum absolute atomic E-state index is 0.0209. The molecule has 0 bridgehead atoms. The van der Waals surface area contributed by atoms with Gasteiger partial charge in [0.25, 0.3) is 10.0 Å². The maximum absolute atomic E-state index is 12.3. The summed E-state index contributed by atoms with van der Waals surface area (Å²) in [6, 6.07) is 0. The zero-order valence-corrected chi connectivity index (χ0v) is 12.3. The normalized spacial score (nSPS) is 26.6. The molecule has 1 aliphatic rings. The number of imidazole rings is 1. The van der Waals surface area contributed by atoms with Gasteiger partial charge < -0.3 is 10.3 Å². The first-order valence-corrected chi connectivity index (χ1v) is 8.86. The second-order valence-corrected chi connectivity index (χ2v) is 8.84. The Bertz CT molecular complexity index is 687. The van der Waals surface area contributed by atoms with Crippen molar-refractivity contribution in [3.05, 3.63) is 6.33 Å². The van der Waals surface area contributed by atoms with Gasteiger partial charge in [-0.15, -0.1) is 0 Å². The van der Waals surface area contributed by atoms with Crippen molar-refractivity contribution in [1.29, 1.82) is 0 Å². The van der Waals surface area contributed by atoms with Gasteiger partial charge in [-0.1, -0.05) is 0 Å². The summed E-state index contributed by atoms with van der Waals surface area (Å²) >= 11 is 0. The lowest BCUT2D eigenvalue weighted by molar-refractivity contribution is 0.459. The van der Waals surface area contributed by atoms with Crippen LogP contribution in [-0.4, -0.2) is 43.4 Å². The van der Waals surface area contributed by atoms with E-state index in [9.17, 15) is 16.8 Å². The van der Waals surface area contributed by atoms with Crippen molar-refractivity contribution in [3.8, 4) is 0 Å². The molecule has 3 N–H and O–H groups in total. The van der Waals surface area contributed by atoms with Gasteiger partial charge in [0.1, 0.15) is 0 Å². The Kier molecular flexibility index (Phi) is 3.14. The lowest BCUT2D eigenvalue weighted by Gasteiger charge is -2.23. The summed E-state index contributed by atoms with van der Waals surface area (Å²) in [5.74, 6) is -0.344. The van der Waals surface area contributed by atoms with Crippen LogP contribution in [0.1, 0.15) is 13.3 Å². The van der Waals surface area contributed by atoms with E-state index < -0.39 is 25.4 Å². The van der Waals surface area contributed by atoms with E-state index in [0.29, 0.717) is 0 Å². The highest BCUT2D eigenvalue weighted by Crippen LogP contribution is 2.26. The summed E-state index contributed by atoms with van der Waals surface area (Å²) < 4.78 is 51.2. The fourth-order valence-corrected chi connectivity index (χ4v) is 6.09. The van der Waals surface area contributed by atoms with Crippen molar-refractivity contribution in [2.24, 2.45) is 7.05 Å². The number of anilines is 1. The van der Waals surface area contributed by atoms with E-state index in [2.05, 4.69) is 9.71 Å². The number of rotatable bonds is 3. The number of nitrogens with one attached hydrogen (secondary N) is 1. The second kappa shape index (κ2) is 4.18. The van der Waals surface area contributed by atoms with Gasteiger partial charge >= 0.3 is 0 Å². The van der Waals surface area contributed by atoms with Crippen molar-refractivity contribution >= 4 is 25.7 Å². The number of sulfonamides is 1. The minimum atomic E-state index is -3.91. The van der Waals surface area contributed by atoms with E-state index in [4.69, 9.17) is 5.73 Å². The van der Waals surface area contributed by atoms with E-state index in [1.165, 1.54) is 17.9 Å². The van der Waals surface area contributed by atoms with Crippen LogP contribution in [-0.2, 0) is 26.9 Å². The Morgan fingerprint density at radius 1 is 1.53 bits per heavy atom. The van der Waals surface area contributed by atoms with Gasteiger partial charge in [0.15, 0.2) is 20.7 Å². The van der Waals surface area contributed by atoms with Crippen LogP contribution in [0.2, 0.25) is 0 Å². The van der Waals surface area contributed by atoms with E-state index in [0.717, 1.165) is 0 Å². The fraction of sp³-hybridized carbons (Fsp3) is 0.667. The topological polar surface area (TPSA) is 124 Å². The molecule has 108 valence electrons. The molecule has 2 rings (SSSR count). The van der Waals surface area contributed by atoms with Gasteiger partial charge in [-0.05, 0) is 13.3 Å². The lowest BCUT2D eigenvalue weighted by atomic mass is 10.0. The summed E-state index contributed by atoms with van der Waals surface area (Å²) in [5, 5.41) is -0.155. The Balaban J connectivity index is 2.34. The number of sulfone groups is 1. The molecule has 0 saturated carbocycles. The van der Waals surface area contributed by atoms with Gasteiger partial charge in [-0.2, -0.15) is 0 Å². The SMILES string of the molecule is Cn1cnc(N)c1S(=O)(=O)NC1(C)CCS(=O)(=O)C1. The van der Waals surface area contributed by atoms with Crippen LogP contribution in [0.5, 0.6) is 0 Å². The smallest absolute Gasteiger partial charge is 0.260 e. The molecule has 8 nitrogen and oxygen atoms in total. The van der Waals surface area contributed by atoms with Gasteiger partial charge in [-0.25, -0.2) is 26.5 Å². The summed E-state index contributed by atoms with van der Waals surface area (Å²) in [4.78, 5) is 3.71. The van der Waals surface area contributed by atoms with Crippen LogP contribution >= 0.6 is 0 Å². The third-order valence-electron chi connectivity index (χ3n) is 3.05. The fourth-order valence-electron chi connectivity index (χ4n) is 2.23. The van der Waals surface area contributed by atoms with E-state index >= 15 is 0 Å². The molecule has 0 aromatic carbocycles. The second-order valence-electron chi connectivity index (χ2n) is 5.05. The number of hydrogen-bond acceptors (Lipinski definition) is 6. The zero-order valence-electron chi connectivity index (χ0n) is 10.6. The highest BCUT2D eigenvalue weighted by atomic mass is 32.2. The molecule has 0 aliphatic carbocycles. The van der Waals surface area contributed by atoms with Gasteiger partial charge in [0, 0.05) is 12.6 Å². The van der Waals surface area contributed by atoms with Crippen LogP contribution in [0.25, 0.3) is 0 Å². The predicted octanol–water partition coefficient (Wildman–Crippen LogP) is -1.14. The molecule has 1 saturated heterocycles. The van der Waals surface area contributed by atoms with Crippen molar-refractivity contribution < 1.29 is 16.8 Å². The summed E-state index contributed by atoms with van der Waals surface area (Å²) in [6.07, 6.45) is 1.53. The van der Waals surface area contributed by atoms with Crippen LogP contribution in [0.3, 0.4) is 0 Å². The molecular weight excluding hydrogens is 292 g/mol. The van der Waals surface area contributed by atoms with E-state index in [1.807, 2.05) is 0 Å². The van der Waals surface area contributed by atoms with Crippen LogP contribution in [0, 0.1) is 0 Å². The van der Waals surface area contributed by atoms with Crippen molar-refractivity contribution in [2.45, 2.75) is 23.9 Å². The zero-order chi connectivity index (χ0) is 14.5. The van der Waals surface area contributed by atoms with Gasteiger partial charge in [0.2, 0.25) is 0 Å². The van der Waals surface area contributed by atoms with Gasteiger partial charge in [-0.3, -0.25) is 0 Å². The Morgan fingerprint density at radius 3 is 2.58 bits per heavy atom. The first-order valence-electron chi connectivity index (χ1n) is 5.56. The third kappa shape index (κ3) is 2.74. The average molecular weight is 308 g/mol. The number of nitrogen functional groups attached to an aromatic ring is 1. The van der Waals surface area contributed by atoms with E-state index in [-0.39, 0.29) is 28.8 Å². The maximum atomic E-state index is 12.3. The molecule has 0 spiro atoms.